The zero-order chi connectivity index (χ0) is 56.4. The Kier molecular flexibility index (Phi) is 66.4. The Labute approximate surface area is 488 Å². The molecule has 0 aromatic carbocycles. The van der Waals surface area contributed by atoms with Gasteiger partial charge in [-0.2, -0.15) is 0 Å². The first-order valence-corrected chi connectivity index (χ1v) is 35.6. The molecular weight excluding hydrogens is 959 g/mol. The molecule has 0 rings (SSSR count). The first kappa shape index (κ1) is 76.3. The smallest absolute Gasteiger partial charge is 0.305 e. The Bertz CT molecular complexity index is 1220. The molecule has 0 radical (unpaired) electrons. The van der Waals surface area contributed by atoms with Crippen molar-refractivity contribution in [2.75, 3.05) is 13.2 Å². The van der Waals surface area contributed by atoms with Crippen LogP contribution in [0.5, 0.6) is 0 Å². The number of aliphatic hydroxyl groups is 2. The zero-order valence-electron chi connectivity index (χ0n) is 52.9. The number of hydrogen-bond donors (Lipinski definition) is 3. The molecule has 2 unspecified atom stereocenters. The molecule has 0 aromatic heterocycles. The molecule has 0 heterocycles. The summed E-state index contributed by atoms with van der Waals surface area (Å²) in [6.07, 6.45) is 85.1. The van der Waals surface area contributed by atoms with Crippen molar-refractivity contribution < 1.29 is 24.5 Å². The van der Waals surface area contributed by atoms with Gasteiger partial charge in [0.2, 0.25) is 5.91 Å². The van der Waals surface area contributed by atoms with E-state index < -0.39 is 12.1 Å². The number of rotatable bonds is 67. The van der Waals surface area contributed by atoms with Crippen LogP contribution in [0.2, 0.25) is 0 Å². The lowest BCUT2D eigenvalue weighted by atomic mass is 10.0. The molecule has 6 nitrogen and oxygen atoms in total. The third kappa shape index (κ3) is 63.5. The molecule has 0 saturated carbocycles. The van der Waals surface area contributed by atoms with Crippen LogP contribution in [0.15, 0.2) is 24.3 Å². The zero-order valence-corrected chi connectivity index (χ0v) is 52.9. The minimum atomic E-state index is -0.666. The molecule has 6 heteroatoms. The molecular formula is C72H139NO5. The van der Waals surface area contributed by atoms with Gasteiger partial charge in [0.15, 0.2) is 0 Å². The molecule has 0 spiro atoms. The van der Waals surface area contributed by atoms with E-state index in [1.807, 2.05) is 0 Å². The van der Waals surface area contributed by atoms with Crippen LogP contribution >= 0.6 is 0 Å². The number of amides is 1. The van der Waals surface area contributed by atoms with Gasteiger partial charge in [-0.05, 0) is 51.4 Å². The maximum atomic E-state index is 12.6. The predicted octanol–water partition coefficient (Wildman–Crippen LogP) is 22.9. The van der Waals surface area contributed by atoms with E-state index in [1.165, 1.54) is 315 Å². The maximum Gasteiger partial charge on any atom is 0.305 e. The predicted molar refractivity (Wildman–Crippen MR) is 343 cm³/mol. The molecule has 78 heavy (non-hydrogen) atoms. The molecule has 1 amide bonds. The van der Waals surface area contributed by atoms with E-state index in [0.717, 1.165) is 51.4 Å². The van der Waals surface area contributed by atoms with Crippen LogP contribution < -0.4 is 5.32 Å². The first-order valence-electron chi connectivity index (χ1n) is 35.6. The molecule has 0 aliphatic carbocycles. The standard InChI is InChI=1S/C72H139NO5/c1-3-5-7-9-11-13-15-17-19-20-21-22-23-24-25-28-31-34-37-40-44-48-52-56-60-64-70(75)69(68-74)73-71(76)65-61-57-53-49-45-41-38-35-32-29-26-27-30-33-36-39-43-47-51-55-59-63-67-78-72(77)66-62-58-54-50-46-42-18-16-14-12-10-8-6-4-2/h10,12,16,18,69-70,74-75H,3-9,11,13-15,17,19-68H2,1-2H3,(H,73,76)/b12-10-,18-16-. The Balaban J connectivity index is 3.38. The van der Waals surface area contributed by atoms with Crippen LogP contribution in [-0.2, 0) is 14.3 Å². The number of nitrogens with one attached hydrogen (secondary N) is 1. The van der Waals surface area contributed by atoms with Crippen molar-refractivity contribution in [1.82, 2.24) is 5.32 Å². The van der Waals surface area contributed by atoms with Gasteiger partial charge >= 0.3 is 5.97 Å². The van der Waals surface area contributed by atoms with Gasteiger partial charge in [-0.25, -0.2) is 0 Å². The minimum absolute atomic E-state index is 0.000353. The van der Waals surface area contributed by atoms with Gasteiger partial charge in [0.25, 0.3) is 0 Å². The molecule has 0 aliphatic heterocycles. The van der Waals surface area contributed by atoms with Gasteiger partial charge in [0, 0.05) is 12.8 Å². The first-order chi connectivity index (χ1) is 38.5. The second kappa shape index (κ2) is 67.8. The van der Waals surface area contributed by atoms with E-state index in [4.69, 9.17) is 4.74 Å². The average Bonchev–Trinajstić information content (AvgIpc) is 3.44. The molecule has 2 atom stereocenters. The lowest BCUT2D eigenvalue weighted by Crippen LogP contribution is -2.45. The van der Waals surface area contributed by atoms with Crippen LogP contribution in [0.4, 0.5) is 0 Å². The Morgan fingerprint density at radius 1 is 0.359 bits per heavy atom. The van der Waals surface area contributed by atoms with E-state index in [0.29, 0.717) is 25.9 Å². The molecule has 3 N–H and O–H groups in total. The van der Waals surface area contributed by atoms with Crippen molar-refractivity contribution >= 4 is 11.9 Å². The van der Waals surface area contributed by atoms with Gasteiger partial charge in [0.05, 0.1) is 25.4 Å². The van der Waals surface area contributed by atoms with Crippen LogP contribution in [0.1, 0.15) is 399 Å². The monoisotopic (exact) mass is 1100 g/mol. The van der Waals surface area contributed by atoms with Gasteiger partial charge < -0.3 is 20.3 Å². The summed E-state index contributed by atoms with van der Waals surface area (Å²) in [6, 6.07) is -0.543. The Morgan fingerprint density at radius 3 is 1.01 bits per heavy atom. The molecule has 0 aliphatic rings. The molecule has 0 saturated heterocycles. The summed E-state index contributed by atoms with van der Waals surface area (Å²) >= 11 is 0. The number of allylic oxidation sites excluding steroid dienone is 4. The fourth-order valence-electron chi connectivity index (χ4n) is 11.3. The van der Waals surface area contributed by atoms with Gasteiger partial charge in [0.1, 0.15) is 0 Å². The van der Waals surface area contributed by atoms with Crippen molar-refractivity contribution in [2.24, 2.45) is 0 Å². The van der Waals surface area contributed by atoms with Crippen molar-refractivity contribution in [3.05, 3.63) is 24.3 Å². The van der Waals surface area contributed by atoms with Crippen LogP contribution in [0, 0.1) is 0 Å². The SMILES string of the molecule is CCCC/C=C\C/C=C\CCCCCCCC(=O)OCCCCCCCCCCCCCCCCCCCCCCCCC(=O)NC(CO)C(O)CCCCCCCCCCCCCCCCCCCCCCCCCCC. The van der Waals surface area contributed by atoms with Crippen molar-refractivity contribution in [3.63, 3.8) is 0 Å². The third-order valence-electron chi connectivity index (χ3n) is 16.8. The normalized spacial score (nSPS) is 12.6. The Morgan fingerprint density at radius 2 is 0.654 bits per heavy atom. The topological polar surface area (TPSA) is 95.9 Å². The van der Waals surface area contributed by atoms with Crippen molar-refractivity contribution in [1.29, 1.82) is 0 Å². The fraction of sp³-hybridized carbons (Fsp3) is 0.917. The second-order valence-electron chi connectivity index (χ2n) is 24.6. The summed E-state index contributed by atoms with van der Waals surface area (Å²) in [5.41, 5.74) is 0. The average molecular weight is 1100 g/mol. The largest absolute Gasteiger partial charge is 0.466 e. The van der Waals surface area contributed by atoms with E-state index >= 15 is 0 Å². The summed E-state index contributed by atoms with van der Waals surface area (Å²) in [6.45, 7) is 4.94. The van der Waals surface area contributed by atoms with Gasteiger partial charge in [-0.15, -0.1) is 0 Å². The van der Waals surface area contributed by atoms with Crippen molar-refractivity contribution in [2.45, 2.75) is 411 Å². The van der Waals surface area contributed by atoms with Gasteiger partial charge in [-0.3, -0.25) is 9.59 Å². The third-order valence-corrected chi connectivity index (χ3v) is 16.8. The van der Waals surface area contributed by atoms with Crippen LogP contribution in [0.25, 0.3) is 0 Å². The highest BCUT2D eigenvalue weighted by Gasteiger charge is 2.20. The van der Waals surface area contributed by atoms with E-state index in [1.54, 1.807) is 0 Å². The minimum Gasteiger partial charge on any atom is -0.466 e. The molecule has 0 aromatic rings. The number of aliphatic hydroxyl groups excluding tert-OH is 2. The van der Waals surface area contributed by atoms with Crippen LogP contribution in [-0.4, -0.2) is 47.4 Å². The maximum absolute atomic E-state index is 12.6. The molecule has 0 bridgehead atoms. The number of carbonyl (C=O) groups is 2. The van der Waals surface area contributed by atoms with Gasteiger partial charge in [-0.1, -0.05) is 359 Å². The summed E-state index contributed by atoms with van der Waals surface area (Å²) in [4.78, 5) is 24.6. The van der Waals surface area contributed by atoms with Crippen molar-refractivity contribution in [3.8, 4) is 0 Å². The second-order valence-corrected chi connectivity index (χ2v) is 24.6. The molecule has 462 valence electrons. The summed E-state index contributed by atoms with van der Waals surface area (Å²) in [5.74, 6) is -0.0307. The highest BCUT2D eigenvalue weighted by atomic mass is 16.5. The number of unbranched alkanes of at least 4 members (excludes halogenated alkanes) is 52. The highest BCUT2D eigenvalue weighted by molar-refractivity contribution is 5.76. The fourth-order valence-corrected chi connectivity index (χ4v) is 11.3. The molecule has 0 fully saturated rings. The summed E-state index contributed by atoms with van der Waals surface area (Å²) in [5, 5.41) is 23.5. The summed E-state index contributed by atoms with van der Waals surface area (Å²) < 4.78 is 5.48. The van der Waals surface area contributed by atoms with E-state index in [-0.39, 0.29) is 18.5 Å². The lowest BCUT2D eigenvalue weighted by molar-refractivity contribution is -0.143. The quantitative estimate of drug-likeness (QED) is 0.0320. The number of hydrogen-bond acceptors (Lipinski definition) is 5. The lowest BCUT2D eigenvalue weighted by Gasteiger charge is -2.22. The van der Waals surface area contributed by atoms with E-state index in [9.17, 15) is 19.8 Å². The highest BCUT2D eigenvalue weighted by Crippen LogP contribution is 2.19. The summed E-state index contributed by atoms with van der Waals surface area (Å²) in [7, 11) is 0. The number of ether oxygens (including phenoxy) is 1. The van der Waals surface area contributed by atoms with Crippen LogP contribution in [0.3, 0.4) is 0 Å². The Hall–Kier alpha value is -1.66. The van der Waals surface area contributed by atoms with E-state index in [2.05, 4.69) is 43.5 Å². The number of esters is 1. The number of carbonyl (C=O) groups excluding carboxylic acids is 2.